The summed E-state index contributed by atoms with van der Waals surface area (Å²) in [4.78, 5) is 4.42. The molecule has 0 aliphatic heterocycles. The van der Waals surface area contributed by atoms with Crippen LogP contribution in [0.15, 0.2) is 14.9 Å². The van der Waals surface area contributed by atoms with E-state index in [2.05, 4.69) is 36.0 Å². The number of rotatable bonds is 2. The van der Waals surface area contributed by atoms with Crippen LogP contribution in [0.5, 0.6) is 0 Å². The Labute approximate surface area is 109 Å². The lowest BCUT2D eigenvalue weighted by atomic mass is 9.96. The Morgan fingerprint density at radius 3 is 2.47 bits per heavy atom. The quantitative estimate of drug-likeness (QED) is 0.839. The van der Waals surface area contributed by atoms with E-state index >= 15 is 0 Å². The fourth-order valence-electron chi connectivity index (χ4n) is 1.51. The van der Waals surface area contributed by atoms with Crippen LogP contribution in [0.1, 0.15) is 32.3 Å². The van der Waals surface area contributed by atoms with Gasteiger partial charge in [0.25, 0.3) is 0 Å². The molecule has 92 valence electrons. The van der Waals surface area contributed by atoms with Crippen molar-refractivity contribution < 1.29 is 0 Å². The van der Waals surface area contributed by atoms with Crippen molar-refractivity contribution in [2.75, 3.05) is 0 Å². The average molecular weight is 268 g/mol. The van der Waals surface area contributed by atoms with Gasteiger partial charge in [0.1, 0.15) is 5.82 Å². The second-order valence-corrected chi connectivity index (χ2v) is 7.04. The third-order valence-corrected chi connectivity index (χ3v) is 4.38. The molecule has 2 heterocycles. The third kappa shape index (κ3) is 2.69. The highest BCUT2D eigenvalue weighted by molar-refractivity contribution is 8.00. The van der Waals surface area contributed by atoms with Crippen molar-refractivity contribution in [3.05, 3.63) is 16.9 Å². The van der Waals surface area contributed by atoms with E-state index in [1.54, 1.807) is 23.1 Å². The second-order valence-electron chi connectivity index (χ2n) is 4.97. The Bertz CT molecular complexity index is 522. The van der Waals surface area contributed by atoms with E-state index in [0.717, 1.165) is 21.0 Å². The summed E-state index contributed by atoms with van der Waals surface area (Å²) < 4.78 is 3.06. The molecule has 0 aromatic carbocycles. The van der Waals surface area contributed by atoms with E-state index in [1.165, 1.54) is 0 Å². The van der Waals surface area contributed by atoms with Gasteiger partial charge in [-0.05, 0) is 18.7 Å². The minimum absolute atomic E-state index is 0.0132. The van der Waals surface area contributed by atoms with Crippen molar-refractivity contribution in [2.45, 2.75) is 42.6 Å². The number of nitrogens with zero attached hydrogens (tertiary/aromatic N) is 4. The van der Waals surface area contributed by atoms with Gasteiger partial charge >= 0.3 is 0 Å². The fraction of sp³-hybridized carbons (Fsp3) is 0.545. The molecule has 2 rings (SSSR count). The van der Waals surface area contributed by atoms with E-state index in [9.17, 15) is 0 Å². The first-order valence-electron chi connectivity index (χ1n) is 5.38. The summed E-state index contributed by atoms with van der Waals surface area (Å²) in [6.45, 7) is 8.41. The molecule has 0 saturated heterocycles. The van der Waals surface area contributed by atoms with Crippen molar-refractivity contribution in [1.82, 2.24) is 19.7 Å². The van der Waals surface area contributed by atoms with E-state index in [1.807, 2.05) is 23.9 Å². The molecule has 0 saturated carbocycles. The molecule has 0 unspecified atom stereocenters. The predicted octanol–water partition coefficient (Wildman–Crippen LogP) is 3.03. The zero-order chi connectivity index (χ0) is 12.6. The highest BCUT2D eigenvalue weighted by atomic mass is 32.2. The van der Waals surface area contributed by atoms with Crippen LogP contribution < -0.4 is 0 Å². The molecule has 0 amide bonds. The molecule has 0 spiro atoms. The molecule has 2 aromatic heterocycles. The number of aryl methyl sites for hydroxylation is 1. The molecule has 6 heteroatoms. The van der Waals surface area contributed by atoms with E-state index in [-0.39, 0.29) is 5.41 Å². The summed E-state index contributed by atoms with van der Waals surface area (Å²) in [5.41, 5.74) is 1.06. The van der Waals surface area contributed by atoms with E-state index < -0.39 is 0 Å². The topological polar surface area (TPSA) is 43.6 Å². The van der Waals surface area contributed by atoms with Crippen molar-refractivity contribution in [3.63, 3.8) is 0 Å². The zero-order valence-electron chi connectivity index (χ0n) is 10.7. The Morgan fingerprint density at radius 1 is 1.29 bits per heavy atom. The minimum Gasteiger partial charge on any atom is -0.308 e. The maximum atomic E-state index is 4.42. The molecule has 4 nitrogen and oxygen atoms in total. The Morgan fingerprint density at radius 2 is 2.00 bits per heavy atom. The molecule has 0 aliphatic carbocycles. The Balaban J connectivity index is 2.26. The zero-order valence-corrected chi connectivity index (χ0v) is 12.3. The van der Waals surface area contributed by atoms with Gasteiger partial charge in [-0.1, -0.05) is 20.8 Å². The predicted molar refractivity (Wildman–Crippen MR) is 70.7 cm³/mol. The van der Waals surface area contributed by atoms with Gasteiger partial charge in [-0.15, -0.1) is 21.5 Å². The molecule has 0 fully saturated rings. The molecular formula is C11H16N4S2. The first-order chi connectivity index (χ1) is 7.88. The molecule has 0 aliphatic rings. The summed E-state index contributed by atoms with van der Waals surface area (Å²) in [6.07, 6.45) is 0. The maximum absolute atomic E-state index is 4.42. The summed E-state index contributed by atoms with van der Waals surface area (Å²) in [7, 11) is 2.00. The first-order valence-corrected chi connectivity index (χ1v) is 7.07. The highest BCUT2D eigenvalue weighted by Gasteiger charge is 2.22. The van der Waals surface area contributed by atoms with Gasteiger partial charge in [0.2, 0.25) is 0 Å². The lowest BCUT2D eigenvalue weighted by Crippen LogP contribution is -2.17. The van der Waals surface area contributed by atoms with Crippen molar-refractivity contribution >= 4 is 23.1 Å². The SMILES string of the molecule is Cc1csc(Sc2nnc(C(C)(C)C)n2C)n1. The number of thiazole rings is 1. The van der Waals surface area contributed by atoms with Crippen LogP contribution in [0.4, 0.5) is 0 Å². The lowest BCUT2D eigenvalue weighted by molar-refractivity contribution is 0.513. The van der Waals surface area contributed by atoms with Crippen LogP contribution in [-0.2, 0) is 12.5 Å². The van der Waals surface area contributed by atoms with E-state index in [0.29, 0.717) is 0 Å². The Kier molecular flexibility index (Phi) is 3.27. The molecule has 0 N–H and O–H groups in total. The van der Waals surface area contributed by atoms with Crippen molar-refractivity contribution in [2.24, 2.45) is 7.05 Å². The average Bonchev–Trinajstić information content (AvgIpc) is 2.74. The number of hydrogen-bond donors (Lipinski definition) is 0. The van der Waals surface area contributed by atoms with Crippen LogP contribution in [0.25, 0.3) is 0 Å². The molecule has 17 heavy (non-hydrogen) atoms. The van der Waals surface area contributed by atoms with Gasteiger partial charge in [-0.3, -0.25) is 0 Å². The normalized spacial score (nSPS) is 12.1. The minimum atomic E-state index is 0.0132. The van der Waals surface area contributed by atoms with Crippen LogP contribution in [0, 0.1) is 6.92 Å². The number of aromatic nitrogens is 4. The lowest BCUT2D eigenvalue weighted by Gasteiger charge is -2.16. The van der Waals surface area contributed by atoms with Crippen LogP contribution in [-0.4, -0.2) is 19.7 Å². The van der Waals surface area contributed by atoms with Crippen LogP contribution in [0.2, 0.25) is 0 Å². The van der Waals surface area contributed by atoms with Gasteiger partial charge < -0.3 is 4.57 Å². The summed E-state index contributed by atoms with van der Waals surface area (Å²) in [5.74, 6) is 0.994. The Hall–Kier alpha value is -0.880. The van der Waals surface area contributed by atoms with Gasteiger partial charge in [0.15, 0.2) is 9.50 Å². The summed E-state index contributed by atoms with van der Waals surface area (Å²) >= 11 is 3.21. The molecule has 0 bridgehead atoms. The molecule has 2 aromatic rings. The van der Waals surface area contributed by atoms with Crippen LogP contribution >= 0.6 is 23.1 Å². The maximum Gasteiger partial charge on any atom is 0.198 e. The van der Waals surface area contributed by atoms with Crippen molar-refractivity contribution in [1.29, 1.82) is 0 Å². The molecular weight excluding hydrogens is 252 g/mol. The smallest absolute Gasteiger partial charge is 0.198 e. The van der Waals surface area contributed by atoms with Gasteiger partial charge in [0.05, 0.1) is 0 Å². The summed E-state index contributed by atoms with van der Waals surface area (Å²) in [5, 5.41) is 11.4. The largest absolute Gasteiger partial charge is 0.308 e. The monoisotopic (exact) mass is 268 g/mol. The second kappa shape index (κ2) is 4.42. The number of hydrogen-bond acceptors (Lipinski definition) is 5. The summed E-state index contributed by atoms with van der Waals surface area (Å²) in [6, 6.07) is 0. The highest BCUT2D eigenvalue weighted by Crippen LogP contribution is 2.30. The van der Waals surface area contributed by atoms with E-state index in [4.69, 9.17) is 0 Å². The van der Waals surface area contributed by atoms with Crippen molar-refractivity contribution in [3.8, 4) is 0 Å². The van der Waals surface area contributed by atoms with Crippen LogP contribution in [0.3, 0.4) is 0 Å². The van der Waals surface area contributed by atoms with Gasteiger partial charge in [-0.25, -0.2) is 4.98 Å². The van der Waals surface area contributed by atoms with Gasteiger partial charge in [-0.2, -0.15) is 0 Å². The standard InChI is InChI=1S/C11H16N4S2/c1-7-6-16-10(12-7)17-9-14-13-8(15(9)5)11(2,3)4/h6H,1-5H3. The van der Waals surface area contributed by atoms with Gasteiger partial charge in [0, 0.05) is 23.5 Å². The third-order valence-electron chi connectivity index (χ3n) is 2.28. The fourth-order valence-corrected chi connectivity index (χ4v) is 3.25. The molecule has 0 radical (unpaired) electrons. The first kappa shape index (κ1) is 12.6. The molecule has 0 atom stereocenters.